The molecule has 2 rings (SSSR count). The van der Waals surface area contributed by atoms with Crippen molar-refractivity contribution in [2.45, 2.75) is 13.5 Å². The molecule has 0 aliphatic heterocycles. The molecule has 78 valence electrons. The molecule has 0 unspecified atom stereocenters. The number of rotatable bonds is 3. The highest BCUT2D eigenvalue weighted by Gasteiger charge is 2.00. The number of ether oxygens (including phenoxy) is 1. The van der Waals surface area contributed by atoms with Crippen molar-refractivity contribution in [3.63, 3.8) is 0 Å². The van der Waals surface area contributed by atoms with Crippen molar-refractivity contribution < 1.29 is 4.74 Å². The lowest BCUT2D eigenvalue weighted by atomic mass is 10.2. The van der Waals surface area contributed by atoms with Gasteiger partial charge in [-0.25, -0.2) is 4.98 Å². The van der Waals surface area contributed by atoms with E-state index in [9.17, 15) is 0 Å². The lowest BCUT2D eigenvalue weighted by Gasteiger charge is -2.03. The van der Waals surface area contributed by atoms with Crippen molar-refractivity contribution in [3.05, 3.63) is 45.4 Å². The first-order valence-electron chi connectivity index (χ1n) is 4.53. The summed E-state index contributed by atoms with van der Waals surface area (Å²) < 4.78 is 6.10. The van der Waals surface area contributed by atoms with Gasteiger partial charge in [-0.15, -0.1) is 11.3 Å². The minimum absolute atomic E-state index is 0.465. The highest BCUT2D eigenvalue weighted by atomic mass is 35.5. The number of thiazole rings is 1. The van der Waals surface area contributed by atoms with Crippen molar-refractivity contribution in [2.75, 3.05) is 0 Å². The van der Waals surface area contributed by atoms with Crippen LogP contribution in [0.4, 0.5) is 0 Å². The van der Waals surface area contributed by atoms with Gasteiger partial charge in [-0.3, -0.25) is 0 Å². The smallest absolute Gasteiger partial charge is 0.183 e. The van der Waals surface area contributed by atoms with Crippen LogP contribution in [0.1, 0.15) is 11.3 Å². The third-order valence-corrected chi connectivity index (χ3v) is 2.96. The van der Waals surface area contributed by atoms with E-state index >= 15 is 0 Å². The van der Waals surface area contributed by atoms with Gasteiger partial charge in [0.05, 0.1) is 5.69 Å². The van der Waals surface area contributed by atoms with E-state index in [-0.39, 0.29) is 0 Å². The maximum Gasteiger partial charge on any atom is 0.183 e. The van der Waals surface area contributed by atoms with E-state index in [2.05, 4.69) is 4.98 Å². The molecule has 0 saturated carbocycles. The van der Waals surface area contributed by atoms with Crippen LogP contribution in [0.15, 0.2) is 29.6 Å². The SMILES string of the molecule is Cc1ccc(OCc2csc(Cl)n2)cc1. The average molecular weight is 240 g/mol. The molecule has 0 bridgehead atoms. The number of hydrogen-bond acceptors (Lipinski definition) is 3. The Balaban J connectivity index is 1.96. The van der Waals surface area contributed by atoms with E-state index in [1.54, 1.807) is 0 Å². The average Bonchev–Trinajstić information content (AvgIpc) is 2.64. The Morgan fingerprint density at radius 3 is 2.67 bits per heavy atom. The Kier molecular flexibility index (Phi) is 3.23. The molecule has 0 amide bonds. The van der Waals surface area contributed by atoms with Crippen molar-refractivity contribution >= 4 is 22.9 Å². The first kappa shape index (κ1) is 10.5. The van der Waals surface area contributed by atoms with Gasteiger partial charge in [0, 0.05) is 5.38 Å². The summed E-state index contributed by atoms with van der Waals surface area (Å²) in [5.41, 5.74) is 2.09. The van der Waals surface area contributed by atoms with Crippen molar-refractivity contribution in [3.8, 4) is 5.75 Å². The predicted octanol–water partition coefficient (Wildman–Crippen LogP) is 3.68. The Labute approximate surface area is 97.5 Å². The van der Waals surface area contributed by atoms with Crippen molar-refractivity contribution in [2.24, 2.45) is 0 Å². The van der Waals surface area contributed by atoms with Gasteiger partial charge in [0.2, 0.25) is 0 Å². The van der Waals surface area contributed by atoms with E-state index in [1.165, 1.54) is 16.9 Å². The van der Waals surface area contributed by atoms with Gasteiger partial charge in [-0.1, -0.05) is 29.3 Å². The molecule has 0 aliphatic rings. The lowest BCUT2D eigenvalue weighted by Crippen LogP contribution is -1.95. The van der Waals surface area contributed by atoms with Crippen LogP contribution in [0.5, 0.6) is 5.75 Å². The molecule has 15 heavy (non-hydrogen) atoms. The second kappa shape index (κ2) is 4.64. The topological polar surface area (TPSA) is 22.1 Å². The number of nitrogens with zero attached hydrogens (tertiary/aromatic N) is 1. The second-order valence-electron chi connectivity index (χ2n) is 3.19. The van der Waals surface area contributed by atoms with Crippen LogP contribution in [0, 0.1) is 6.92 Å². The van der Waals surface area contributed by atoms with E-state index in [0.29, 0.717) is 11.1 Å². The van der Waals surface area contributed by atoms with Gasteiger partial charge in [0.25, 0.3) is 0 Å². The molecule has 1 heterocycles. The molecular weight excluding hydrogens is 230 g/mol. The zero-order valence-electron chi connectivity index (χ0n) is 8.24. The molecule has 0 atom stereocenters. The number of halogens is 1. The summed E-state index contributed by atoms with van der Waals surface area (Å²) >= 11 is 7.13. The molecule has 0 radical (unpaired) electrons. The van der Waals surface area contributed by atoms with E-state index < -0.39 is 0 Å². The monoisotopic (exact) mass is 239 g/mol. The molecule has 2 nitrogen and oxygen atoms in total. The predicted molar refractivity (Wildman–Crippen MR) is 62.6 cm³/mol. The van der Waals surface area contributed by atoms with E-state index in [4.69, 9.17) is 16.3 Å². The quantitative estimate of drug-likeness (QED) is 0.815. The number of aromatic nitrogens is 1. The van der Waals surface area contributed by atoms with Crippen LogP contribution in [-0.4, -0.2) is 4.98 Å². The third kappa shape index (κ3) is 2.94. The standard InChI is InChI=1S/C11H10ClNOS/c1-8-2-4-10(5-3-8)14-6-9-7-15-11(12)13-9/h2-5,7H,6H2,1H3. The molecule has 1 aromatic heterocycles. The molecule has 0 spiro atoms. The fourth-order valence-electron chi connectivity index (χ4n) is 1.14. The fourth-order valence-corrected chi connectivity index (χ4v) is 1.91. The van der Waals surface area contributed by atoms with Crippen molar-refractivity contribution in [1.29, 1.82) is 0 Å². The van der Waals surface area contributed by atoms with Crippen molar-refractivity contribution in [1.82, 2.24) is 4.98 Å². The fraction of sp³-hybridized carbons (Fsp3) is 0.182. The Morgan fingerprint density at radius 2 is 2.07 bits per heavy atom. The minimum atomic E-state index is 0.465. The van der Waals surface area contributed by atoms with Gasteiger partial charge in [-0.05, 0) is 19.1 Å². The number of aryl methyl sites for hydroxylation is 1. The van der Waals surface area contributed by atoms with Crippen LogP contribution in [-0.2, 0) is 6.61 Å². The molecule has 0 aliphatic carbocycles. The number of benzene rings is 1. The zero-order chi connectivity index (χ0) is 10.7. The van der Waals surface area contributed by atoms with Crippen LogP contribution in [0.25, 0.3) is 0 Å². The third-order valence-electron chi connectivity index (χ3n) is 1.93. The summed E-state index contributed by atoms with van der Waals surface area (Å²) in [6.07, 6.45) is 0. The van der Waals surface area contributed by atoms with Gasteiger partial charge in [0.1, 0.15) is 12.4 Å². The van der Waals surface area contributed by atoms with Crippen LogP contribution >= 0.6 is 22.9 Å². The molecule has 0 N–H and O–H groups in total. The van der Waals surface area contributed by atoms with Gasteiger partial charge >= 0.3 is 0 Å². The van der Waals surface area contributed by atoms with Crippen LogP contribution in [0.3, 0.4) is 0 Å². The lowest BCUT2D eigenvalue weighted by molar-refractivity contribution is 0.302. The molecule has 2 aromatic rings. The van der Waals surface area contributed by atoms with Gasteiger partial charge < -0.3 is 4.74 Å². The highest BCUT2D eigenvalue weighted by Crippen LogP contribution is 2.17. The summed E-state index contributed by atoms with van der Waals surface area (Å²) in [5.74, 6) is 0.852. The largest absolute Gasteiger partial charge is 0.487 e. The summed E-state index contributed by atoms with van der Waals surface area (Å²) in [4.78, 5) is 4.10. The Morgan fingerprint density at radius 1 is 1.33 bits per heavy atom. The summed E-state index contributed by atoms with van der Waals surface area (Å²) in [5, 5.41) is 1.90. The van der Waals surface area contributed by atoms with Gasteiger partial charge in [-0.2, -0.15) is 0 Å². The second-order valence-corrected chi connectivity index (χ2v) is 4.63. The zero-order valence-corrected chi connectivity index (χ0v) is 9.81. The maximum absolute atomic E-state index is 5.71. The normalized spacial score (nSPS) is 10.3. The van der Waals surface area contributed by atoms with E-state index in [1.807, 2.05) is 36.6 Å². The maximum atomic E-state index is 5.71. The summed E-state index contributed by atoms with van der Waals surface area (Å²) in [6.45, 7) is 2.51. The molecule has 4 heteroatoms. The Bertz CT molecular complexity index is 438. The van der Waals surface area contributed by atoms with Crippen LogP contribution in [0.2, 0.25) is 4.47 Å². The molecule has 0 fully saturated rings. The number of hydrogen-bond donors (Lipinski definition) is 0. The molecular formula is C11H10ClNOS. The Hall–Kier alpha value is -1.06. The first-order chi connectivity index (χ1) is 7.24. The summed E-state index contributed by atoms with van der Waals surface area (Å²) in [6, 6.07) is 7.93. The van der Waals surface area contributed by atoms with E-state index in [0.717, 1.165) is 11.4 Å². The minimum Gasteiger partial charge on any atom is -0.487 e. The first-order valence-corrected chi connectivity index (χ1v) is 5.79. The molecule has 0 saturated heterocycles. The van der Waals surface area contributed by atoms with Gasteiger partial charge in [0.15, 0.2) is 4.47 Å². The van der Waals surface area contributed by atoms with Crippen LogP contribution < -0.4 is 4.74 Å². The molecule has 1 aromatic carbocycles. The summed E-state index contributed by atoms with van der Waals surface area (Å²) in [7, 11) is 0. The highest BCUT2D eigenvalue weighted by molar-refractivity contribution is 7.13.